The Balaban J connectivity index is 2.10. The fraction of sp³-hybridized carbons (Fsp3) is 0.400. The van der Waals surface area contributed by atoms with Crippen molar-refractivity contribution >= 4 is 17.4 Å². The van der Waals surface area contributed by atoms with Crippen molar-refractivity contribution in [2.45, 2.75) is 12.8 Å². The van der Waals surface area contributed by atoms with E-state index in [9.17, 15) is 4.79 Å². The molecule has 0 aromatic carbocycles. The van der Waals surface area contributed by atoms with Gasteiger partial charge in [0.15, 0.2) is 11.6 Å². The molecule has 3 N–H and O–H groups in total. The summed E-state index contributed by atoms with van der Waals surface area (Å²) in [6.45, 7) is 0. The summed E-state index contributed by atoms with van der Waals surface area (Å²) in [6.07, 6.45) is 3.48. The van der Waals surface area contributed by atoms with Crippen molar-refractivity contribution in [2.75, 3.05) is 18.2 Å². The van der Waals surface area contributed by atoms with Gasteiger partial charge in [-0.3, -0.25) is 4.79 Å². The number of nitrogens with zero attached hydrogens (tertiary/aromatic N) is 1. The van der Waals surface area contributed by atoms with Gasteiger partial charge in [-0.05, 0) is 12.8 Å². The first-order chi connectivity index (χ1) is 7.20. The van der Waals surface area contributed by atoms with Gasteiger partial charge in [0.2, 0.25) is 5.91 Å². The molecule has 5 nitrogen and oxygen atoms in total. The number of amides is 1. The van der Waals surface area contributed by atoms with Gasteiger partial charge in [0, 0.05) is 12.0 Å². The summed E-state index contributed by atoms with van der Waals surface area (Å²) < 4.78 is 5.00. The molecule has 1 heterocycles. The van der Waals surface area contributed by atoms with Crippen LogP contribution >= 0.6 is 0 Å². The molecule has 15 heavy (non-hydrogen) atoms. The number of nitrogens with two attached hydrogens (primary N) is 1. The molecule has 0 spiro atoms. The first-order valence-corrected chi connectivity index (χ1v) is 4.81. The average molecular weight is 207 g/mol. The van der Waals surface area contributed by atoms with Crippen molar-refractivity contribution < 1.29 is 9.53 Å². The summed E-state index contributed by atoms with van der Waals surface area (Å²) in [5, 5.41) is 2.77. The fourth-order valence-electron chi connectivity index (χ4n) is 1.28. The van der Waals surface area contributed by atoms with Crippen LogP contribution in [0.5, 0.6) is 5.75 Å². The number of ether oxygens (including phenoxy) is 1. The number of rotatable bonds is 3. The van der Waals surface area contributed by atoms with Crippen molar-refractivity contribution in [3.8, 4) is 5.75 Å². The van der Waals surface area contributed by atoms with E-state index in [1.54, 1.807) is 6.07 Å². The number of nitrogens with one attached hydrogen (secondary N) is 1. The first-order valence-electron chi connectivity index (χ1n) is 4.81. The van der Waals surface area contributed by atoms with Gasteiger partial charge in [-0.15, -0.1) is 0 Å². The van der Waals surface area contributed by atoms with E-state index in [2.05, 4.69) is 10.3 Å². The third-order valence-corrected chi connectivity index (χ3v) is 2.32. The minimum absolute atomic E-state index is 0.0450. The maximum absolute atomic E-state index is 11.4. The van der Waals surface area contributed by atoms with Gasteiger partial charge in [-0.25, -0.2) is 4.98 Å². The molecule has 0 radical (unpaired) electrons. The van der Waals surface area contributed by atoms with E-state index in [1.165, 1.54) is 13.3 Å². The van der Waals surface area contributed by atoms with Gasteiger partial charge in [0.1, 0.15) is 0 Å². The third kappa shape index (κ3) is 2.18. The van der Waals surface area contributed by atoms with E-state index in [4.69, 9.17) is 10.5 Å². The lowest BCUT2D eigenvalue weighted by molar-refractivity contribution is -0.117. The number of aromatic nitrogens is 1. The van der Waals surface area contributed by atoms with Gasteiger partial charge in [0.25, 0.3) is 0 Å². The molecule has 0 atom stereocenters. The van der Waals surface area contributed by atoms with Crippen molar-refractivity contribution in [3.05, 3.63) is 12.3 Å². The Morgan fingerprint density at radius 1 is 1.67 bits per heavy atom. The Bertz CT molecular complexity index is 388. The summed E-state index contributed by atoms with van der Waals surface area (Å²) in [4.78, 5) is 15.4. The van der Waals surface area contributed by atoms with Gasteiger partial charge in [0.05, 0.1) is 19.0 Å². The van der Waals surface area contributed by atoms with Crippen molar-refractivity contribution in [1.82, 2.24) is 4.98 Å². The summed E-state index contributed by atoms with van der Waals surface area (Å²) in [6, 6.07) is 1.67. The largest absolute Gasteiger partial charge is 0.493 e. The topological polar surface area (TPSA) is 77.2 Å². The molecule has 1 saturated carbocycles. The molecule has 0 unspecified atom stereocenters. The second kappa shape index (κ2) is 3.76. The standard InChI is InChI=1S/C10H13N3O2/c1-15-8-4-7(5-12-9(8)11)13-10(14)6-2-3-6/h4-6H,2-3H2,1H3,(H2,11,12)(H,13,14). The molecule has 1 aromatic rings. The number of hydrogen-bond donors (Lipinski definition) is 2. The Morgan fingerprint density at radius 2 is 2.40 bits per heavy atom. The lowest BCUT2D eigenvalue weighted by Crippen LogP contribution is -2.13. The first kappa shape index (κ1) is 9.76. The number of carbonyl (C=O) groups is 1. The fourth-order valence-corrected chi connectivity index (χ4v) is 1.28. The molecule has 0 aliphatic heterocycles. The quantitative estimate of drug-likeness (QED) is 0.775. The van der Waals surface area contributed by atoms with Crippen molar-refractivity contribution in [3.63, 3.8) is 0 Å². The molecule has 1 aromatic heterocycles. The minimum atomic E-state index is 0.0450. The highest BCUT2D eigenvalue weighted by atomic mass is 16.5. The Hall–Kier alpha value is -1.78. The molecule has 5 heteroatoms. The van der Waals surface area contributed by atoms with E-state index in [0.29, 0.717) is 17.3 Å². The van der Waals surface area contributed by atoms with Gasteiger partial charge < -0.3 is 15.8 Å². The number of hydrogen-bond acceptors (Lipinski definition) is 4. The van der Waals surface area contributed by atoms with Gasteiger partial charge in [-0.2, -0.15) is 0 Å². The SMILES string of the molecule is COc1cc(NC(=O)C2CC2)cnc1N. The van der Waals surface area contributed by atoms with Crippen molar-refractivity contribution in [1.29, 1.82) is 0 Å². The average Bonchev–Trinajstić information content (AvgIpc) is 3.04. The summed E-state index contributed by atoms with van der Waals surface area (Å²) >= 11 is 0. The molecule has 2 rings (SSSR count). The molecule has 80 valence electrons. The Labute approximate surface area is 87.6 Å². The number of methoxy groups -OCH3 is 1. The lowest BCUT2D eigenvalue weighted by Gasteiger charge is -2.07. The van der Waals surface area contributed by atoms with Crippen LogP contribution in [0.4, 0.5) is 11.5 Å². The predicted octanol–water partition coefficient (Wildman–Crippen LogP) is 1.02. The lowest BCUT2D eigenvalue weighted by atomic mass is 10.3. The maximum Gasteiger partial charge on any atom is 0.227 e. The minimum Gasteiger partial charge on any atom is -0.493 e. The zero-order valence-electron chi connectivity index (χ0n) is 8.49. The number of pyridine rings is 1. The molecular weight excluding hydrogens is 194 g/mol. The second-order valence-electron chi connectivity index (χ2n) is 3.58. The second-order valence-corrected chi connectivity index (χ2v) is 3.58. The predicted molar refractivity (Wildman–Crippen MR) is 56.6 cm³/mol. The van der Waals surface area contributed by atoms with E-state index in [-0.39, 0.29) is 11.8 Å². The molecule has 1 aliphatic rings. The monoisotopic (exact) mass is 207 g/mol. The molecule has 1 fully saturated rings. The van der Waals surface area contributed by atoms with Crippen LogP contribution in [0.25, 0.3) is 0 Å². The molecule has 0 saturated heterocycles. The molecule has 0 bridgehead atoms. The zero-order valence-corrected chi connectivity index (χ0v) is 8.49. The molecular formula is C10H13N3O2. The smallest absolute Gasteiger partial charge is 0.227 e. The summed E-state index contributed by atoms with van der Waals surface area (Å²) in [5.41, 5.74) is 6.18. The number of carbonyl (C=O) groups excluding carboxylic acids is 1. The highest BCUT2D eigenvalue weighted by Crippen LogP contribution is 2.30. The Morgan fingerprint density at radius 3 is 3.00 bits per heavy atom. The summed E-state index contributed by atoms with van der Waals surface area (Å²) in [7, 11) is 1.51. The third-order valence-electron chi connectivity index (χ3n) is 2.32. The van der Waals surface area contributed by atoms with Crippen LogP contribution in [0, 0.1) is 5.92 Å². The molecule has 1 aliphatic carbocycles. The normalized spacial score (nSPS) is 14.7. The highest BCUT2D eigenvalue weighted by Gasteiger charge is 2.29. The Kier molecular flexibility index (Phi) is 2.45. The van der Waals surface area contributed by atoms with Crippen LogP contribution in [-0.2, 0) is 4.79 Å². The van der Waals surface area contributed by atoms with Crippen LogP contribution in [0.3, 0.4) is 0 Å². The van der Waals surface area contributed by atoms with E-state index >= 15 is 0 Å². The van der Waals surface area contributed by atoms with Gasteiger partial charge >= 0.3 is 0 Å². The van der Waals surface area contributed by atoms with E-state index in [0.717, 1.165) is 12.8 Å². The van der Waals surface area contributed by atoms with Gasteiger partial charge in [-0.1, -0.05) is 0 Å². The number of anilines is 2. The van der Waals surface area contributed by atoms with Crippen LogP contribution in [-0.4, -0.2) is 18.0 Å². The number of nitrogen functional groups attached to an aromatic ring is 1. The van der Waals surface area contributed by atoms with Crippen LogP contribution in [0.15, 0.2) is 12.3 Å². The highest BCUT2D eigenvalue weighted by molar-refractivity contribution is 5.94. The van der Waals surface area contributed by atoms with Crippen molar-refractivity contribution in [2.24, 2.45) is 5.92 Å². The summed E-state index contributed by atoms with van der Waals surface area (Å²) in [5.74, 6) is 1.02. The zero-order chi connectivity index (χ0) is 10.8. The van der Waals surface area contributed by atoms with E-state index < -0.39 is 0 Å². The maximum atomic E-state index is 11.4. The van der Waals surface area contributed by atoms with Crippen LogP contribution in [0.1, 0.15) is 12.8 Å². The van der Waals surface area contributed by atoms with Crippen LogP contribution < -0.4 is 15.8 Å². The van der Waals surface area contributed by atoms with E-state index in [1.807, 2.05) is 0 Å². The van der Waals surface area contributed by atoms with Crippen LogP contribution in [0.2, 0.25) is 0 Å². The molecule has 1 amide bonds.